The largest absolute Gasteiger partial charge is 0.352 e. The molecule has 1 atom stereocenters. The van der Waals surface area contributed by atoms with Crippen molar-refractivity contribution in [1.29, 1.82) is 0 Å². The number of rotatable bonds is 6. The monoisotopic (exact) mass is 327 g/mol. The number of hydrogen-bond acceptors (Lipinski definition) is 2. The molecule has 1 fully saturated rings. The molecule has 1 saturated carbocycles. The molecule has 128 valence electrons. The molecular weight excluding hydrogens is 302 g/mol. The Morgan fingerprint density at radius 1 is 1.21 bits per heavy atom. The second-order valence-electron chi connectivity index (χ2n) is 6.60. The molecule has 0 saturated heterocycles. The van der Waals surface area contributed by atoms with Gasteiger partial charge in [-0.05, 0) is 37.3 Å². The SMILES string of the molecule is C[C@H](NC(=O)CCn1ccc2ccccc21)C(=O)NC1CCCC1. The normalized spacial score (nSPS) is 16.2. The first-order valence-corrected chi connectivity index (χ1v) is 8.77. The molecule has 2 N–H and O–H groups in total. The van der Waals surface area contributed by atoms with Crippen LogP contribution in [0.25, 0.3) is 10.9 Å². The van der Waals surface area contributed by atoms with Crippen LogP contribution in [-0.2, 0) is 16.1 Å². The highest BCUT2D eigenvalue weighted by Gasteiger charge is 2.21. The van der Waals surface area contributed by atoms with Crippen molar-refractivity contribution in [3.8, 4) is 0 Å². The number of carbonyl (C=O) groups is 2. The first kappa shape index (κ1) is 16.6. The van der Waals surface area contributed by atoms with Crippen molar-refractivity contribution in [2.24, 2.45) is 0 Å². The number of amides is 2. The van der Waals surface area contributed by atoms with E-state index in [0.717, 1.165) is 18.4 Å². The molecular formula is C19H25N3O2. The zero-order valence-electron chi connectivity index (χ0n) is 14.1. The molecule has 0 unspecified atom stereocenters. The van der Waals surface area contributed by atoms with Gasteiger partial charge in [0, 0.05) is 30.7 Å². The van der Waals surface area contributed by atoms with Gasteiger partial charge in [-0.2, -0.15) is 0 Å². The summed E-state index contributed by atoms with van der Waals surface area (Å²) >= 11 is 0. The van der Waals surface area contributed by atoms with E-state index in [9.17, 15) is 9.59 Å². The summed E-state index contributed by atoms with van der Waals surface area (Å²) in [5, 5.41) is 6.99. The highest BCUT2D eigenvalue weighted by Crippen LogP contribution is 2.17. The van der Waals surface area contributed by atoms with Gasteiger partial charge in [0.2, 0.25) is 11.8 Å². The predicted octanol–water partition coefficient (Wildman–Crippen LogP) is 2.59. The number of benzene rings is 1. The number of fused-ring (bicyclic) bond motifs is 1. The molecule has 0 aliphatic heterocycles. The van der Waals surface area contributed by atoms with Crippen LogP contribution in [0.1, 0.15) is 39.0 Å². The van der Waals surface area contributed by atoms with Crippen molar-refractivity contribution in [2.75, 3.05) is 0 Å². The second-order valence-corrected chi connectivity index (χ2v) is 6.60. The number of nitrogens with zero attached hydrogens (tertiary/aromatic N) is 1. The zero-order chi connectivity index (χ0) is 16.9. The third-order valence-electron chi connectivity index (χ3n) is 4.73. The Kier molecular flexibility index (Phi) is 5.18. The lowest BCUT2D eigenvalue weighted by atomic mass is 10.2. The van der Waals surface area contributed by atoms with Crippen molar-refractivity contribution in [2.45, 2.75) is 57.7 Å². The first-order chi connectivity index (χ1) is 11.6. The second kappa shape index (κ2) is 7.51. The van der Waals surface area contributed by atoms with E-state index in [1.165, 1.54) is 18.2 Å². The van der Waals surface area contributed by atoms with Crippen LogP contribution >= 0.6 is 0 Å². The Hall–Kier alpha value is -2.30. The van der Waals surface area contributed by atoms with E-state index in [-0.39, 0.29) is 17.9 Å². The minimum absolute atomic E-state index is 0.0818. The summed E-state index contributed by atoms with van der Waals surface area (Å²) < 4.78 is 2.07. The van der Waals surface area contributed by atoms with E-state index in [0.29, 0.717) is 13.0 Å². The van der Waals surface area contributed by atoms with Crippen LogP contribution in [0.3, 0.4) is 0 Å². The lowest BCUT2D eigenvalue weighted by Gasteiger charge is -2.18. The molecule has 0 spiro atoms. The van der Waals surface area contributed by atoms with Crippen LogP contribution in [0.2, 0.25) is 0 Å². The van der Waals surface area contributed by atoms with Gasteiger partial charge in [0.25, 0.3) is 0 Å². The zero-order valence-corrected chi connectivity index (χ0v) is 14.1. The fourth-order valence-electron chi connectivity index (χ4n) is 3.33. The van der Waals surface area contributed by atoms with Gasteiger partial charge in [-0.15, -0.1) is 0 Å². The molecule has 0 radical (unpaired) electrons. The van der Waals surface area contributed by atoms with Gasteiger partial charge in [-0.25, -0.2) is 0 Å². The topological polar surface area (TPSA) is 63.1 Å². The Balaban J connectivity index is 1.47. The summed E-state index contributed by atoms with van der Waals surface area (Å²) in [5.41, 5.74) is 1.12. The molecule has 1 aliphatic carbocycles. The molecule has 3 rings (SSSR count). The van der Waals surface area contributed by atoms with E-state index in [1.807, 2.05) is 30.5 Å². The molecule has 2 aromatic rings. The van der Waals surface area contributed by atoms with Crippen molar-refractivity contribution in [3.05, 3.63) is 36.5 Å². The van der Waals surface area contributed by atoms with E-state index in [4.69, 9.17) is 0 Å². The lowest BCUT2D eigenvalue weighted by molar-refractivity contribution is -0.129. The number of aryl methyl sites for hydroxylation is 1. The molecule has 1 heterocycles. The smallest absolute Gasteiger partial charge is 0.242 e. The number of para-hydroxylation sites is 1. The molecule has 1 aromatic heterocycles. The fraction of sp³-hybridized carbons (Fsp3) is 0.474. The lowest BCUT2D eigenvalue weighted by Crippen LogP contribution is -2.47. The molecule has 1 aromatic carbocycles. The van der Waals surface area contributed by atoms with Gasteiger partial charge in [0.05, 0.1) is 0 Å². The van der Waals surface area contributed by atoms with Gasteiger partial charge in [0.15, 0.2) is 0 Å². The van der Waals surface area contributed by atoms with Crippen molar-refractivity contribution in [3.63, 3.8) is 0 Å². The Morgan fingerprint density at radius 2 is 1.96 bits per heavy atom. The van der Waals surface area contributed by atoms with Crippen LogP contribution in [0.4, 0.5) is 0 Å². The van der Waals surface area contributed by atoms with Gasteiger partial charge < -0.3 is 15.2 Å². The molecule has 5 heteroatoms. The molecule has 24 heavy (non-hydrogen) atoms. The van der Waals surface area contributed by atoms with E-state index in [1.54, 1.807) is 6.92 Å². The van der Waals surface area contributed by atoms with Crippen LogP contribution in [-0.4, -0.2) is 28.5 Å². The quantitative estimate of drug-likeness (QED) is 0.856. The molecule has 0 bridgehead atoms. The van der Waals surface area contributed by atoms with Crippen LogP contribution < -0.4 is 10.6 Å². The Bertz CT molecular complexity index is 716. The Morgan fingerprint density at radius 3 is 2.75 bits per heavy atom. The van der Waals surface area contributed by atoms with Gasteiger partial charge in [0.1, 0.15) is 6.04 Å². The summed E-state index contributed by atoms with van der Waals surface area (Å²) in [6.45, 7) is 2.35. The third-order valence-corrected chi connectivity index (χ3v) is 4.73. The fourth-order valence-corrected chi connectivity index (χ4v) is 3.33. The van der Waals surface area contributed by atoms with Crippen molar-refractivity contribution >= 4 is 22.7 Å². The Labute approximate surface area is 142 Å². The molecule has 1 aliphatic rings. The summed E-state index contributed by atoms with van der Waals surface area (Å²) in [7, 11) is 0. The van der Waals surface area contributed by atoms with Gasteiger partial charge in [-0.1, -0.05) is 31.0 Å². The van der Waals surface area contributed by atoms with Gasteiger partial charge in [-0.3, -0.25) is 9.59 Å². The van der Waals surface area contributed by atoms with Crippen molar-refractivity contribution < 1.29 is 9.59 Å². The minimum Gasteiger partial charge on any atom is -0.352 e. The van der Waals surface area contributed by atoms with Crippen LogP contribution in [0, 0.1) is 0 Å². The number of nitrogens with one attached hydrogen (secondary N) is 2. The highest BCUT2D eigenvalue weighted by atomic mass is 16.2. The average Bonchev–Trinajstić information content (AvgIpc) is 3.22. The summed E-state index contributed by atoms with van der Waals surface area (Å²) in [6.07, 6.45) is 6.81. The third kappa shape index (κ3) is 3.96. The van der Waals surface area contributed by atoms with Crippen LogP contribution in [0.15, 0.2) is 36.5 Å². The average molecular weight is 327 g/mol. The maximum Gasteiger partial charge on any atom is 0.242 e. The minimum atomic E-state index is -0.487. The molecule has 5 nitrogen and oxygen atoms in total. The van der Waals surface area contributed by atoms with Crippen molar-refractivity contribution in [1.82, 2.24) is 15.2 Å². The number of aromatic nitrogens is 1. The molecule has 2 amide bonds. The maximum absolute atomic E-state index is 12.1. The predicted molar refractivity (Wildman–Crippen MR) is 94.6 cm³/mol. The maximum atomic E-state index is 12.1. The summed E-state index contributed by atoms with van der Waals surface area (Å²) in [6, 6.07) is 9.94. The van der Waals surface area contributed by atoms with E-state index in [2.05, 4.69) is 21.3 Å². The van der Waals surface area contributed by atoms with E-state index < -0.39 is 6.04 Å². The van der Waals surface area contributed by atoms with E-state index >= 15 is 0 Å². The standard InChI is InChI=1S/C19H25N3O2/c1-14(19(24)21-16-7-3-4-8-16)20-18(23)11-13-22-12-10-15-6-2-5-9-17(15)22/h2,5-6,9-10,12,14,16H,3-4,7-8,11,13H2,1H3,(H,20,23)(H,21,24)/t14-/m0/s1. The van der Waals surface area contributed by atoms with Crippen LogP contribution in [0.5, 0.6) is 0 Å². The summed E-state index contributed by atoms with van der Waals surface area (Å²) in [5.74, 6) is -0.177. The first-order valence-electron chi connectivity index (χ1n) is 8.77. The summed E-state index contributed by atoms with van der Waals surface area (Å²) in [4.78, 5) is 24.2. The van der Waals surface area contributed by atoms with Gasteiger partial charge >= 0.3 is 0 Å². The number of carbonyl (C=O) groups excluding carboxylic acids is 2. The number of hydrogen-bond donors (Lipinski definition) is 2. The highest BCUT2D eigenvalue weighted by molar-refractivity contribution is 5.87.